The molecular weight excluding hydrogens is 1590 g/mol. The Balaban J connectivity index is 0.000000263. The minimum absolute atomic E-state index is 0.0365. The van der Waals surface area contributed by atoms with Gasteiger partial charge in [-0.1, -0.05) is 113 Å². The number of rotatable bonds is 33. The molecule has 10 rings (SSSR count). The molecule has 0 atom stereocenters. The molecule has 0 bridgehead atoms. The zero-order valence-corrected chi connectivity index (χ0v) is 77.9. The van der Waals surface area contributed by atoms with E-state index in [1.807, 2.05) is 41.5 Å². The number of carbonyl (C=O) groups excluding carboxylic acids is 2. The smallest absolute Gasteiger partial charge is 0.306 e. The van der Waals surface area contributed by atoms with Gasteiger partial charge in [0, 0.05) is 165 Å². The van der Waals surface area contributed by atoms with Crippen LogP contribution in [0, 0.1) is 13.8 Å². The average molecular weight is 1730 g/mol. The molecule has 5 N–H and O–H groups in total. The maximum atomic E-state index is 12.9. The van der Waals surface area contributed by atoms with Crippen molar-refractivity contribution in [2.24, 2.45) is 0 Å². The molecule has 1 saturated carbocycles. The number of nitrogens with one attached hydrogen (secondary N) is 1. The first-order chi connectivity index (χ1) is 56.9. The highest BCUT2D eigenvalue weighted by atomic mass is 35.5. The number of methoxy groups -OCH3 is 4. The summed E-state index contributed by atoms with van der Waals surface area (Å²) < 4.78 is 105. The fraction of sp³-hybridized carbons (Fsp3) is 0.542. The Bertz CT molecular complexity index is 4930. The van der Waals surface area contributed by atoms with Crippen molar-refractivity contribution in [2.45, 2.75) is 230 Å². The van der Waals surface area contributed by atoms with E-state index in [-0.39, 0.29) is 57.8 Å². The molecule has 22 nitrogen and oxygen atoms in total. The Hall–Kier alpha value is -7.69. The quantitative estimate of drug-likeness (QED) is 0.0128. The van der Waals surface area contributed by atoms with Crippen molar-refractivity contribution in [3.05, 3.63) is 199 Å². The lowest BCUT2D eigenvalue weighted by atomic mass is 9.81. The van der Waals surface area contributed by atoms with Gasteiger partial charge in [0.05, 0.1) is 41.4 Å². The van der Waals surface area contributed by atoms with Gasteiger partial charge < -0.3 is 58.7 Å². The SMILES string of the molecule is CC(C)(C)OC(=O)CCCNCCCO.COCCN1C(=CC=C2CCC/C(=C\C=C3\N(CCOC)c4ccc(S(=O)(=O)O)cc4C3(C)C)C2=[N+](CCCO)CCCC(=O)OC(C)(C)C)C(C)(C)c2cc(C)ccc21.COCCN1C(=CC=C2CCCC(C=CC3=[N+](CCOC)c4ccc(S(=O)(=O)O)cc4C3(C)C)=C2Cl)C(C)(C)c2cc(C)ccc21. The number of aliphatic hydroxyl groups is 2. The summed E-state index contributed by atoms with van der Waals surface area (Å²) in [7, 11) is -1.94. The molecule has 1 fully saturated rings. The number of allylic oxidation sites excluding steroid dienone is 16. The first-order valence-corrected chi connectivity index (χ1v) is 45.9. The Morgan fingerprint density at radius 2 is 0.917 bits per heavy atom. The number of anilines is 3. The molecule has 25 heteroatoms. The molecule has 0 aromatic heterocycles. The summed E-state index contributed by atoms with van der Waals surface area (Å²) in [6, 6.07) is 22.9. The second kappa shape index (κ2) is 42.8. The van der Waals surface area contributed by atoms with E-state index >= 15 is 0 Å². The summed E-state index contributed by atoms with van der Waals surface area (Å²) >= 11 is 7.13. The van der Waals surface area contributed by atoms with Crippen LogP contribution in [-0.2, 0) is 79.9 Å². The highest BCUT2D eigenvalue weighted by Gasteiger charge is 2.47. The minimum atomic E-state index is -4.40. The molecule has 4 aromatic rings. The molecule has 4 heterocycles. The lowest BCUT2D eigenvalue weighted by Crippen LogP contribution is -2.31. The van der Waals surface area contributed by atoms with Crippen LogP contribution in [0.4, 0.5) is 22.7 Å². The van der Waals surface area contributed by atoms with Crippen LogP contribution in [0.15, 0.2) is 176 Å². The number of benzene rings is 4. The maximum absolute atomic E-state index is 12.9. The van der Waals surface area contributed by atoms with Gasteiger partial charge in [-0.25, -0.2) is 4.58 Å². The fourth-order valence-electron chi connectivity index (χ4n) is 17.0. The van der Waals surface area contributed by atoms with E-state index in [0.29, 0.717) is 71.9 Å². The normalized spacial score (nSPS) is 19.8. The van der Waals surface area contributed by atoms with Gasteiger partial charge in [0.15, 0.2) is 12.3 Å². The van der Waals surface area contributed by atoms with Crippen molar-refractivity contribution in [3.8, 4) is 0 Å². The summed E-state index contributed by atoms with van der Waals surface area (Å²) in [5, 5.41) is 22.6. The van der Waals surface area contributed by atoms with Gasteiger partial charge in [0.25, 0.3) is 20.2 Å². The number of aryl methyl sites for hydroxylation is 2. The number of hydrogen-bond donors (Lipinski definition) is 5. The van der Waals surface area contributed by atoms with Gasteiger partial charge >= 0.3 is 11.9 Å². The van der Waals surface area contributed by atoms with Gasteiger partial charge in [-0.3, -0.25) is 18.7 Å². The van der Waals surface area contributed by atoms with Crippen molar-refractivity contribution in [2.75, 3.05) is 135 Å². The van der Waals surface area contributed by atoms with Gasteiger partial charge in [0.1, 0.15) is 30.9 Å². The summed E-state index contributed by atoms with van der Waals surface area (Å²) in [6.07, 6.45) is 26.3. The standard InChI is InChI=1S/C48H67N3O8S.C37H45ClN2O5S.C11H23NO3/c1-34-17-21-40-38(32-34)47(5,6)42(50(40)27-30-57-9)23-18-35-14-11-15-36(45(35)49(26-13-29-52)25-12-16-44(53)59-46(2,3)4)19-24-43-48(7,8)39-33-37(60(54,55)56)20-22-41(39)51(43)28-31-58-10;1-25-11-15-31-29(23-25)36(2,3)33(39(31)19-21-44-6)17-12-26-9-8-10-27(35(26)38)13-18-34-37(4,5)30-24-28(46(41,42)43)14-16-32(30)40(34)20-22-45-7;1-11(2,3)15-10(14)6-4-7-12-8-5-9-13/h17-24,32-33,52H,11-16,25-31H2,1-10H3;11-18,23-24H,8-10,19-22H2,1-7H3;12-13H,4-9H2,1-3H3/p+2. The Labute approximate surface area is 727 Å². The topological polar surface area (TPSA) is 266 Å². The van der Waals surface area contributed by atoms with Gasteiger partial charge in [-0.15, -0.1) is 0 Å². The van der Waals surface area contributed by atoms with Gasteiger partial charge in [-0.05, 0) is 222 Å². The molecule has 4 aromatic carbocycles. The molecule has 121 heavy (non-hydrogen) atoms. The van der Waals surface area contributed by atoms with Crippen LogP contribution >= 0.6 is 11.6 Å². The summed E-state index contributed by atoms with van der Waals surface area (Å²) in [5.41, 5.74) is 18.5. The van der Waals surface area contributed by atoms with E-state index in [0.717, 1.165) is 139 Å². The first-order valence-electron chi connectivity index (χ1n) is 42.6. The monoisotopic (exact) mass is 1730 g/mol. The van der Waals surface area contributed by atoms with Crippen molar-refractivity contribution in [1.29, 1.82) is 0 Å². The predicted molar refractivity (Wildman–Crippen MR) is 486 cm³/mol. The second-order valence-electron chi connectivity index (χ2n) is 36.0. The van der Waals surface area contributed by atoms with Gasteiger partial charge in [-0.2, -0.15) is 21.4 Å². The van der Waals surface area contributed by atoms with Crippen molar-refractivity contribution in [1.82, 2.24) is 5.32 Å². The zero-order valence-electron chi connectivity index (χ0n) is 75.6. The third-order valence-electron chi connectivity index (χ3n) is 23.0. The second-order valence-corrected chi connectivity index (χ2v) is 39.3. The van der Waals surface area contributed by atoms with E-state index < -0.39 is 36.7 Å². The molecule has 2 aliphatic carbocycles. The van der Waals surface area contributed by atoms with Crippen molar-refractivity contribution < 1.29 is 83.3 Å². The highest BCUT2D eigenvalue weighted by molar-refractivity contribution is 7.86. The Kier molecular flexibility index (Phi) is 34.9. The van der Waals surface area contributed by atoms with Crippen molar-refractivity contribution >= 4 is 77.9 Å². The van der Waals surface area contributed by atoms with E-state index in [1.165, 1.54) is 62.7 Å². The Morgan fingerprint density at radius 1 is 0.512 bits per heavy atom. The maximum Gasteiger partial charge on any atom is 0.306 e. The van der Waals surface area contributed by atoms with E-state index in [2.05, 4.69) is 183 Å². The molecule has 0 saturated heterocycles. The van der Waals surface area contributed by atoms with Crippen LogP contribution in [0.25, 0.3) is 0 Å². The number of carbonyl (C=O) groups is 2. The van der Waals surface area contributed by atoms with Crippen LogP contribution in [0.5, 0.6) is 0 Å². The largest absolute Gasteiger partial charge is 0.460 e. The third-order valence-corrected chi connectivity index (χ3v) is 25.2. The third kappa shape index (κ3) is 25.3. The van der Waals surface area contributed by atoms with E-state index in [4.69, 9.17) is 45.1 Å². The molecule has 664 valence electrons. The van der Waals surface area contributed by atoms with Gasteiger partial charge in [0.2, 0.25) is 11.4 Å². The van der Waals surface area contributed by atoms with Crippen LogP contribution in [0.1, 0.15) is 207 Å². The number of nitrogens with zero attached hydrogens (tertiary/aromatic N) is 5. The number of hydrogen-bond acceptors (Lipinski definition) is 18. The van der Waals surface area contributed by atoms with Crippen LogP contribution in [0.3, 0.4) is 0 Å². The number of halogens is 1. The minimum Gasteiger partial charge on any atom is -0.460 e. The summed E-state index contributed by atoms with van der Waals surface area (Å²) in [6.45, 7) is 40.7. The summed E-state index contributed by atoms with van der Waals surface area (Å²) in [4.78, 5) is 30.8. The lowest BCUT2D eigenvalue weighted by Gasteiger charge is -2.27. The van der Waals surface area contributed by atoms with Crippen molar-refractivity contribution in [3.63, 3.8) is 0 Å². The van der Waals surface area contributed by atoms with Crippen LogP contribution in [0.2, 0.25) is 0 Å². The first kappa shape index (κ1) is 98.7. The molecule has 0 unspecified atom stereocenters. The summed E-state index contributed by atoms with van der Waals surface area (Å²) in [5.74, 6) is -0.378. The number of fused-ring (bicyclic) bond motifs is 4. The highest BCUT2D eigenvalue weighted by Crippen LogP contribution is 2.52. The zero-order chi connectivity index (χ0) is 89.2. The molecular formula is C96H137ClN6O16S2+2. The van der Waals surface area contributed by atoms with Crippen LogP contribution in [-0.4, -0.2) is 200 Å². The van der Waals surface area contributed by atoms with E-state index in [9.17, 15) is 40.6 Å². The fourth-order valence-corrected chi connectivity index (χ4v) is 18.3. The Morgan fingerprint density at radius 3 is 1.37 bits per heavy atom. The number of ether oxygens (including phenoxy) is 6. The predicted octanol–water partition coefficient (Wildman–Crippen LogP) is 17.0. The molecule has 0 radical (unpaired) electrons. The van der Waals surface area contributed by atoms with E-state index in [1.54, 1.807) is 52.7 Å². The molecule has 0 spiro atoms. The molecule has 0 amide bonds. The number of esters is 2. The number of aliphatic hydroxyl groups excluding tert-OH is 2. The molecule has 4 aliphatic heterocycles. The molecule has 6 aliphatic rings. The lowest BCUT2D eigenvalue weighted by molar-refractivity contribution is -0.528. The van der Waals surface area contributed by atoms with Crippen LogP contribution < -0.4 is 20.0 Å². The average Bonchev–Trinajstić information content (AvgIpc) is 1.61.